The Hall–Kier alpha value is -0.390. The van der Waals surface area contributed by atoms with Crippen LogP contribution in [0.4, 0.5) is 0 Å². The Balaban J connectivity index is 2.27. The second-order valence-electron chi connectivity index (χ2n) is 5.36. The van der Waals surface area contributed by atoms with Gasteiger partial charge in [-0.05, 0) is 48.0 Å². The van der Waals surface area contributed by atoms with Gasteiger partial charge in [0.1, 0.15) is 0 Å². The minimum atomic E-state index is -0.755. The van der Waals surface area contributed by atoms with Crippen LogP contribution in [0.1, 0.15) is 38.1 Å². The van der Waals surface area contributed by atoms with E-state index < -0.39 is 5.60 Å². The van der Waals surface area contributed by atoms with Crippen LogP contribution >= 0.6 is 15.9 Å². The van der Waals surface area contributed by atoms with Gasteiger partial charge in [-0.2, -0.15) is 5.10 Å². The van der Waals surface area contributed by atoms with Gasteiger partial charge >= 0.3 is 0 Å². The number of aryl methyl sites for hydroxylation is 2. The summed E-state index contributed by atoms with van der Waals surface area (Å²) >= 11 is 3.64. The molecule has 0 amide bonds. The standard InChI is InChI=1S/C14H23BrN2O2/c1-4-11-13(15)12(17(5-2)16-11)8-14(18,9-19-3)10-6-7-10/h10,18H,4-9H2,1-3H3. The van der Waals surface area contributed by atoms with Gasteiger partial charge in [0.25, 0.3) is 0 Å². The van der Waals surface area contributed by atoms with E-state index in [1.54, 1.807) is 7.11 Å². The lowest BCUT2D eigenvalue weighted by molar-refractivity contribution is -0.0487. The molecular weight excluding hydrogens is 308 g/mol. The van der Waals surface area contributed by atoms with E-state index in [1.165, 1.54) is 0 Å². The molecule has 1 saturated carbocycles. The minimum Gasteiger partial charge on any atom is -0.387 e. The number of aliphatic hydroxyl groups is 1. The Kier molecular flexibility index (Phi) is 4.69. The van der Waals surface area contributed by atoms with Crippen molar-refractivity contribution in [1.29, 1.82) is 0 Å². The fraction of sp³-hybridized carbons (Fsp3) is 0.786. The highest BCUT2D eigenvalue weighted by molar-refractivity contribution is 9.10. The van der Waals surface area contributed by atoms with Crippen molar-refractivity contribution < 1.29 is 9.84 Å². The lowest BCUT2D eigenvalue weighted by atomic mass is 9.92. The molecule has 1 aliphatic rings. The Morgan fingerprint density at radius 2 is 2.16 bits per heavy atom. The minimum absolute atomic E-state index is 0.365. The first kappa shape index (κ1) is 15.0. The number of hydrogen-bond acceptors (Lipinski definition) is 3. The van der Waals surface area contributed by atoms with E-state index in [-0.39, 0.29) is 0 Å². The maximum atomic E-state index is 10.8. The van der Waals surface area contributed by atoms with Gasteiger partial charge in [0.05, 0.1) is 28.1 Å². The second kappa shape index (κ2) is 5.94. The summed E-state index contributed by atoms with van der Waals surface area (Å²) in [6.45, 7) is 5.39. The number of rotatable bonds is 7. The first-order valence-corrected chi connectivity index (χ1v) is 7.80. The molecule has 1 N–H and O–H groups in total. The highest BCUT2D eigenvalue weighted by Crippen LogP contribution is 2.42. The number of nitrogens with zero attached hydrogens (tertiary/aromatic N) is 2. The van der Waals surface area contributed by atoms with Gasteiger partial charge in [-0.25, -0.2) is 0 Å². The fourth-order valence-corrected chi connectivity index (χ4v) is 3.36. The Labute approximate surface area is 123 Å². The van der Waals surface area contributed by atoms with Gasteiger partial charge in [0.15, 0.2) is 0 Å². The van der Waals surface area contributed by atoms with Gasteiger partial charge in [0, 0.05) is 20.1 Å². The number of aromatic nitrogens is 2. The molecule has 19 heavy (non-hydrogen) atoms. The van der Waals surface area contributed by atoms with Gasteiger partial charge in [-0.15, -0.1) is 0 Å². The molecule has 0 aromatic carbocycles. The molecule has 1 aromatic heterocycles. The zero-order valence-electron chi connectivity index (χ0n) is 11.9. The van der Waals surface area contributed by atoms with Crippen molar-refractivity contribution in [3.05, 3.63) is 15.9 Å². The molecule has 1 heterocycles. The summed E-state index contributed by atoms with van der Waals surface area (Å²) in [6, 6.07) is 0. The van der Waals surface area contributed by atoms with Crippen molar-refractivity contribution >= 4 is 15.9 Å². The summed E-state index contributed by atoms with van der Waals surface area (Å²) in [5.74, 6) is 0.365. The van der Waals surface area contributed by atoms with Gasteiger partial charge in [0.2, 0.25) is 0 Å². The zero-order chi connectivity index (χ0) is 14.0. The van der Waals surface area contributed by atoms with E-state index in [2.05, 4.69) is 34.9 Å². The molecule has 108 valence electrons. The van der Waals surface area contributed by atoms with Crippen LogP contribution in [-0.2, 0) is 24.1 Å². The average Bonchev–Trinajstić information content (AvgIpc) is 3.19. The molecule has 1 fully saturated rings. The quantitative estimate of drug-likeness (QED) is 0.835. The van der Waals surface area contributed by atoms with Crippen molar-refractivity contribution in [2.75, 3.05) is 13.7 Å². The summed E-state index contributed by atoms with van der Waals surface area (Å²) in [4.78, 5) is 0. The smallest absolute Gasteiger partial charge is 0.0963 e. The van der Waals surface area contributed by atoms with Crippen LogP contribution in [0.15, 0.2) is 4.47 Å². The monoisotopic (exact) mass is 330 g/mol. The van der Waals surface area contributed by atoms with Crippen LogP contribution in [0.2, 0.25) is 0 Å². The largest absolute Gasteiger partial charge is 0.387 e. The molecule has 0 spiro atoms. The van der Waals surface area contributed by atoms with Crippen LogP contribution in [-0.4, -0.2) is 34.2 Å². The van der Waals surface area contributed by atoms with Gasteiger partial charge in [-0.3, -0.25) is 4.68 Å². The second-order valence-corrected chi connectivity index (χ2v) is 6.16. The van der Waals surface area contributed by atoms with Crippen LogP contribution < -0.4 is 0 Å². The van der Waals surface area contributed by atoms with Crippen LogP contribution in [0, 0.1) is 5.92 Å². The lowest BCUT2D eigenvalue weighted by Crippen LogP contribution is -2.40. The maximum absolute atomic E-state index is 10.8. The van der Waals surface area contributed by atoms with Crippen molar-refractivity contribution in [3.63, 3.8) is 0 Å². The van der Waals surface area contributed by atoms with Gasteiger partial charge in [-0.1, -0.05) is 6.92 Å². The zero-order valence-corrected chi connectivity index (χ0v) is 13.5. The third-order valence-electron chi connectivity index (χ3n) is 3.90. The van der Waals surface area contributed by atoms with Crippen LogP contribution in [0.3, 0.4) is 0 Å². The SMILES string of the molecule is CCc1nn(CC)c(CC(O)(COC)C2CC2)c1Br. The molecule has 4 nitrogen and oxygen atoms in total. The Bertz CT molecular complexity index is 443. The van der Waals surface area contributed by atoms with Crippen LogP contribution in [0.5, 0.6) is 0 Å². The topological polar surface area (TPSA) is 47.3 Å². The molecular formula is C14H23BrN2O2. The molecule has 0 radical (unpaired) electrons. The Morgan fingerprint density at radius 1 is 1.47 bits per heavy atom. The molecule has 5 heteroatoms. The van der Waals surface area contributed by atoms with E-state index >= 15 is 0 Å². The molecule has 1 atom stereocenters. The number of methoxy groups -OCH3 is 1. The summed E-state index contributed by atoms with van der Waals surface area (Å²) in [5.41, 5.74) is 1.40. The van der Waals surface area contributed by atoms with Crippen molar-refractivity contribution in [3.8, 4) is 0 Å². The van der Waals surface area contributed by atoms with Gasteiger partial charge < -0.3 is 9.84 Å². The number of halogens is 1. The van der Waals surface area contributed by atoms with Crippen LogP contribution in [0.25, 0.3) is 0 Å². The van der Waals surface area contributed by atoms with E-state index in [0.717, 1.165) is 41.7 Å². The first-order chi connectivity index (χ1) is 9.05. The van der Waals surface area contributed by atoms with E-state index in [1.807, 2.05) is 4.68 Å². The fourth-order valence-electron chi connectivity index (χ4n) is 2.66. The first-order valence-electron chi connectivity index (χ1n) is 7.01. The molecule has 0 aliphatic heterocycles. The number of ether oxygens (including phenoxy) is 1. The van der Waals surface area contributed by atoms with E-state index in [4.69, 9.17) is 4.74 Å². The lowest BCUT2D eigenvalue weighted by Gasteiger charge is -2.27. The maximum Gasteiger partial charge on any atom is 0.0963 e. The molecule has 2 rings (SSSR count). The summed E-state index contributed by atoms with van der Waals surface area (Å²) in [5, 5.41) is 15.4. The van der Waals surface area contributed by atoms with E-state index in [9.17, 15) is 5.11 Å². The molecule has 1 aliphatic carbocycles. The van der Waals surface area contributed by atoms with Crippen molar-refractivity contribution in [2.24, 2.45) is 5.92 Å². The Morgan fingerprint density at radius 3 is 2.63 bits per heavy atom. The highest BCUT2D eigenvalue weighted by atomic mass is 79.9. The molecule has 0 bridgehead atoms. The normalized spacial score (nSPS) is 18.6. The van der Waals surface area contributed by atoms with E-state index in [0.29, 0.717) is 18.9 Å². The molecule has 1 aromatic rings. The summed E-state index contributed by atoms with van der Waals surface area (Å²) < 4.78 is 8.27. The predicted molar refractivity (Wildman–Crippen MR) is 78.2 cm³/mol. The summed E-state index contributed by atoms with van der Waals surface area (Å²) in [7, 11) is 1.65. The number of hydrogen-bond donors (Lipinski definition) is 1. The molecule has 0 saturated heterocycles. The highest BCUT2D eigenvalue weighted by Gasteiger charge is 2.45. The van der Waals surface area contributed by atoms with Crippen molar-refractivity contribution in [2.45, 2.75) is 51.7 Å². The van der Waals surface area contributed by atoms with Crippen molar-refractivity contribution in [1.82, 2.24) is 9.78 Å². The average molecular weight is 331 g/mol. The summed E-state index contributed by atoms with van der Waals surface area (Å²) in [6.07, 6.45) is 3.69. The predicted octanol–water partition coefficient (Wildman–Crippen LogP) is 2.56. The third kappa shape index (κ3) is 3.03. The third-order valence-corrected chi connectivity index (χ3v) is 4.81. The molecule has 1 unspecified atom stereocenters.